The van der Waals surface area contributed by atoms with Gasteiger partial charge in [-0.2, -0.15) is 0 Å². The van der Waals surface area contributed by atoms with Crippen LogP contribution >= 0.6 is 0 Å². The molecule has 1 aliphatic heterocycles. The summed E-state index contributed by atoms with van der Waals surface area (Å²) in [5, 5.41) is 9.69. The summed E-state index contributed by atoms with van der Waals surface area (Å²) in [6.45, 7) is 4.61. The molecule has 1 heterocycles. The third-order valence-electron chi connectivity index (χ3n) is 4.42. The van der Waals surface area contributed by atoms with Crippen molar-refractivity contribution in [2.24, 2.45) is 0 Å². The van der Waals surface area contributed by atoms with Crippen LogP contribution in [-0.2, 0) is 4.79 Å². The van der Waals surface area contributed by atoms with E-state index in [4.69, 9.17) is 0 Å². The lowest BCUT2D eigenvalue weighted by Crippen LogP contribution is -2.51. The summed E-state index contributed by atoms with van der Waals surface area (Å²) in [6.07, 6.45) is 2.92. The Balaban J connectivity index is 2.35. The van der Waals surface area contributed by atoms with Gasteiger partial charge >= 0.3 is 5.97 Å². The average Bonchev–Trinajstić information content (AvgIpc) is 2.84. The van der Waals surface area contributed by atoms with Gasteiger partial charge < -0.3 is 5.11 Å². The van der Waals surface area contributed by atoms with Gasteiger partial charge in [0.1, 0.15) is 11.4 Å². The van der Waals surface area contributed by atoms with Gasteiger partial charge in [-0.3, -0.25) is 9.69 Å². The van der Waals surface area contributed by atoms with Crippen molar-refractivity contribution < 1.29 is 14.3 Å². The van der Waals surface area contributed by atoms with E-state index in [0.717, 1.165) is 12.8 Å². The Morgan fingerprint density at radius 2 is 2.20 bits per heavy atom. The number of hydrogen-bond acceptors (Lipinski definition) is 2. The zero-order valence-corrected chi connectivity index (χ0v) is 12.1. The summed E-state index contributed by atoms with van der Waals surface area (Å²) in [5.41, 5.74) is -0.257. The lowest BCUT2D eigenvalue weighted by molar-refractivity contribution is -0.151. The zero-order valence-electron chi connectivity index (χ0n) is 12.1. The Morgan fingerprint density at radius 1 is 1.50 bits per heavy atom. The summed E-state index contributed by atoms with van der Waals surface area (Å²) in [7, 11) is 0. The van der Waals surface area contributed by atoms with E-state index in [-0.39, 0.29) is 11.9 Å². The van der Waals surface area contributed by atoms with Crippen LogP contribution in [0.25, 0.3) is 0 Å². The van der Waals surface area contributed by atoms with Gasteiger partial charge in [0, 0.05) is 11.6 Å². The maximum absolute atomic E-state index is 14.0. The van der Waals surface area contributed by atoms with Crippen LogP contribution in [-0.4, -0.2) is 28.1 Å². The maximum atomic E-state index is 14.0. The molecule has 0 radical (unpaired) electrons. The first-order valence-electron chi connectivity index (χ1n) is 7.27. The first-order valence-corrected chi connectivity index (χ1v) is 7.27. The summed E-state index contributed by atoms with van der Waals surface area (Å²) in [6, 6.07) is 6.42. The van der Waals surface area contributed by atoms with E-state index in [2.05, 4.69) is 0 Å². The molecule has 110 valence electrons. The summed E-state index contributed by atoms with van der Waals surface area (Å²) < 4.78 is 14.0. The predicted octanol–water partition coefficient (Wildman–Crippen LogP) is 3.61. The fourth-order valence-corrected chi connectivity index (χ4v) is 3.46. The molecule has 1 fully saturated rings. The van der Waals surface area contributed by atoms with Crippen molar-refractivity contribution in [2.45, 2.75) is 51.1 Å². The number of carboxylic acid groups (broad SMARTS) is 1. The normalized spacial score (nSPS) is 24.8. The molecule has 0 bridgehead atoms. The Kier molecular flexibility index (Phi) is 4.43. The second kappa shape index (κ2) is 5.92. The van der Waals surface area contributed by atoms with Crippen LogP contribution in [0.2, 0.25) is 0 Å². The molecule has 1 N–H and O–H groups in total. The number of nitrogens with zero attached hydrogens (tertiary/aromatic N) is 1. The van der Waals surface area contributed by atoms with Crippen molar-refractivity contribution in [2.75, 3.05) is 6.54 Å². The van der Waals surface area contributed by atoms with E-state index in [1.807, 2.05) is 18.7 Å². The van der Waals surface area contributed by atoms with Gasteiger partial charge in [0.2, 0.25) is 0 Å². The van der Waals surface area contributed by atoms with Crippen LogP contribution in [0, 0.1) is 5.82 Å². The minimum Gasteiger partial charge on any atom is -0.480 e. The SMILES string of the molecule is CCCC1(C(=O)O)CCCN1C(C)c1ccccc1F. The van der Waals surface area contributed by atoms with Crippen LogP contribution in [0.1, 0.15) is 51.1 Å². The van der Waals surface area contributed by atoms with E-state index in [9.17, 15) is 14.3 Å². The second-order valence-electron chi connectivity index (χ2n) is 5.58. The van der Waals surface area contributed by atoms with Crippen molar-refractivity contribution in [3.8, 4) is 0 Å². The van der Waals surface area contributed by atoms with E-state index in [0.29, 0.717) is 24.9 Å². The topological polar surface area (TPSA) is 40.5 Å². The molecule has 2 rings (SSSR count). The molecule has 20 heavy (non-hydrogen) atoms. The molecule has 3 nitrogen and oxygen atoms in total. The van der Waals surface area contributed by atoms with Gasteiger partial charge in [-0.05, 0) is 38.8 Å². The highest BCUT2D eigenvalue weighted by Crippen LogP contribution is 2.40. The quantitative estimate of drug-likeness (QED) is 0.895. The van der Waals surface area contributed by atoms with Crippen molar-refractivity contribution in [3.63, 3.8) is 0 Å². The molecule has 0 amide bonds. The molecule has 2 unspecified atom stereocenters. The van der Waals surface area contributed by atoms with E-state index >= 15 is 0 Å². The molecule has 2 atom stereocenters. The number of carboxylic acids is 1. The highest BCUT2D eigenvalue weighted by atomic mass is 19.1. The third kappa shape index (κ3) is 2.44. The molecule has 0 saturated carbocycles. The van der Waals surface area contributed by atoms with Crippen molar-refractivity contribution in [1.29, 1.82) is 0 Å². The number of aliphatic carboxylic acids is 1. The molecule has 0 aromatic heterocycles. The molecule has 1 aromatic carbocycles. The lowest BCUT2D eigenvalue weighted by Gasteiger charge is -2.39. The Labute approximate surface area is 119 Å². The first-order chi connectivity index (χ1) is 9.53. The maximum Gasteiger partial charge on any atom is 0.324 e. The number of rotatable bonds is 5. The molecule has 0 aliphatic carbocycles. The van der Waals surface area contributed by atoms with E-state index in [1.54, 1.807) is 18.2 Å². The van der Waals surface area contributed by atoms with Gasteiger partial charge in [0.15, 0.2) is 0 Å². The molecular formula is C16H22FNO2. The van der Waals surface area contributed by atoms with Crippen LogP contribution in [0.4, 0.5) is 4.39 Å². The standard InChI is InChI=1S/C16H22FNO2/c1-3-9-16(15(19)20)10-6-11-18(16)12(2)13-7-4-5-8-14(13)17/h4-5,7-8,12H,3,6,9-11H2,1-2H3,(H,19,20). The fourth-order valence-electron chi connectivity index (χ4n) is 3.46. The minimum atomic E-state index is -0.837. The van der Waals surface area contributed by atoms with Crippen molar-refractivity contribution >= 4 is 5.97 Å². The zero-order chi connectivity index (χ0) is 14.8. The summed E-state index contributed by atoms with van der Waals surface area (Å²) in [4.78, 5) is 13.8. The van der Waals surface area contributed by atoms with Crippen molar-refractivity contribution in [1.82, 2.24) is 4.90 Å². The lowest BCUT2D eigenvalue weighted by atomic mass is 9.89. The Hall–Kier alpha value is -1.42. The van der Waals surface area contributed by atoms with Gasteiger partial charge in [0.05, 0.1) is 0 Å². The first kappa shape index (κ1) is 15.0. The molecule has 1 aromatic rings. The molecule has 1 saturated heterocycles. The van der Waals surface area contributed by atoms with Crippen LogP contribution in [0.3, 0.4) is 0 Å². The van der Waals surface area contributed by atoms with Gasteiger partial charge in [0.25, 0.3) is 0 Å². The third-order valence-corrected chi connectivity index (χ3v) is 4.42. The summed E-state index contributed by atoms with van der Waals surface area (Å²) >= 11 is 0. The predicted molar refractivity (Wildman–Crippen MR) is 76.0 cm³/mol. The molecule has 4 heteroatoms. The number of hydrogen-bond donors (Lipinski definition) is 1. The molecule has 0 spiro atoms. The van der Waals surface area contributed by atoms with Gasteiger partial charge in [-0.1, -0.05) is 31.5 Å². The van der Waals surface area contributed by atoms with Crippen LogP contribution in [0.15, 0.2) is 24.3 Å². The Bertz CT molecular complexity index is 491. The van der Waals surface area contributed by atoms with E-state index in [1.165, 1.54) is 6.07 Å². The Morgan fingerprint density at radius 3 is 2.80 bits per heavy atom. The van der Waals surface area contributed by atoms with Gasteiger partial charge in [-0.25, -0.2) is 4.39 Å². The van der Waals surface area contributed by atoms with Crippen molar-refractivity contribution in [3.05, 3.63) is 35.6 Å². The fraction of sp³-hybridized carbons (Fsp3) is 0.562. The monoisotopic (exact) mass is 279 g/mol. The second-order valence-corrected chi connectivity index (χ2v) is 5.58. The molecular weight excluding hydrogens is 257 g/mol. The number of carbonyl (C=O) groups is 1. The number of likely N-dealkylation sites (tertiary alicyclic amines) is 1. The highest BCUT2D eigenvalue weighted by Gasteiger charge is 2.48. The minimum absolute atomic E-state index is 0.221. The van der Waals surface area contributed by atoms with Gasteiger partial charge in [-0.15, -0.1) is 0 Å². The summed E-state index contributed by atoms with van der Waals surface area (Å²) in [5.74, 6) is -1.04. The largest absolute Gasteiger partial charge is 0.480 e. The number of benzene rings is 1. The molecule has 1 aliphatic rings. The highest BCUT2D eigenvalue weighted by molar-refractivity contribution is 5.79. The smallest absolute Gasteiger partial charge is 0.324 e. The van der Waals surface area contributed by atoms with Crippen LogP contribution < -0.4 is 0 Å². The van der Waals surface area contributed by atoms with Crippen LogP contribution in [0.5, 0.6) is 0 Å². The van der Waals surface area contributed by atoms with E-state index < -0.39 is 11.5 Å². The average molecular weight is 279 g/mol. The number of halogens is 1.